The minimum Gasteiger partial charge on any atom is -0.351 e. The van der Waals surface area contributed by atoms with E-state index < -0.39 is 0 Å². The Morgan fingerprint density at radius 3 is 2.60 bits per heavy atom. The Morgan fingerprint density at radius 2 is 1.84 bits per heavy atom. The summed E-state index contributed by atoms with van der Waals surface area (Å²) in [5, 5.41) is 7.41. The number of nitrogens with zero attached hydrogens (tertiary/aromatic N) is 3. The molecule has 2 aromatic heterocycles. The maximum atomic E-state index is 12.4. The van der Waals surface area contributed by atoms with Crippen molar-refractivity contribution < 1.29 is 4.79 Å². The molecule has 0 aliphatic rings. The molecule has 0 aliphatic carbocycles. The van der Waals surface area contributed by atoms with E-state index in [0.717, 1.165) is 30.5 Å². The lowest BCUT2D eigenvalue weighted by Crippen LogP contribution is -2.26. The highest BCUT2D eigenvalue weighted by atomic mass is 16.2. The van der Waals surface area contributed by atoms with Gasteiger partial charge in [0.2, 0.25) is 0 Å². The lowest BCUT2D eigenvalue weighted by molar-refractivity contribution is 0.0943. The Bertz CT molecular complexity index is 812. The number of aromatic nitrogens is 3. The molecule has 1 aromatic carbocycles. The summed E-state index contributed by atoms with van der Waals surface area (Å²) in [6.07, 6.45) is 6.60. The number of hydrogen-bond acceptors (Lipinski definition) is 3. The molecule has 1 amide bonds. The van der Waals surface area contributed by atoms with Crippen LogP contribution in [-0.2, 0) is 13.5 Å². The summed E-state index contributed by atoms with van der Waals surface area (Å²) < 4.78 is 1.63. The number of carbonyl (C=O) groups excluding carboxylic acids is 1. The van der Waals surface area contributed by atoms with Crippen LogP contribution < -0.4 is 5.32 Å². The first-order valence-corrected chi connectivity index (χ1v) is 8.50. The van der Waals surface area contributed by atoms with Crippen LogP contribution in [0.2, 0.25) is 0 Å². The van der Waals surface area contributed by atoms with Gasteiger partial charge in [0.25, 0.3) is 5.91 Å². The van der Waals surface area contributed by atoms with Crippen molar-refractivity contribution in [3.63, 3.8) is 0 Å². The highest BCUT2D eigenvalue weighted by Crippen LogP contribution is 2.18. The summed E-state index contributed by atoms with van der Waals surface area (Å²) in [5.74, 6) is -0.0823. The summed E-state index contributed by atoms with van der Waals surface area (Å²) in [6.45, 7) is 0.662. The zero-order valence-corrected chi connectivity index (χ0v) is 14.4. The second-order valence-electron chi connectivity index (χ2n) is 5.97. The molecule has 0 spiro atoms. The Morgan fingerprint density at radius 1 is 1.08 bits per heavy atom. The van der Waals surface area contributed by atoms with Gasteiger partial charge in [0.05, 0.1) is 5.69 Å². The number of hydrogen-bond donors (Lipinski definition) is 1. The molecule has 0 atom stereocenters. The molecule has 0 bridgehead atoms. The molecule has 0 radical (unpaired) electrons. The first kappa shape index (κ1) is 16.9. The van der Waals surface area contributed by atoms with E-state index in [2.05, 4.69) is 15.4 Å². The fourth-order valence-corrected chi connectivity index (χ4v) is 2.73. The summed E-state index contributed by atoms with van der Waals surface area (Å²) in [7, 11) is 1.80. The van der Waals surface area contributed by atoms with E-state index in [0.29, 0.717) is 12.2 Å². The van der Waals surface area contributed by atoms with Gasteiger partial charge >= 0.3 is 0 Å². The van der Waals surface area contributed by atoms with Crippen molar-refractivity contribution in [3.8, 4) is 11.3 Å². The van der Waals surface area contributed by atoms with Gasteiger partial charge < -0.3 is 5.32 Å². The molecule has 3 aromatic rings. The van der Waals surface area contributed by atoms with Crippen molar-refractivity contribution in [2.75, 3.05) is 6.54 Å². The van der Waals surface area contributed by atoms with E-state index in [9.17, 15) is 4.79 Å². The molecule has 0 saturated carbocycles. The molecule has 3 rings (SSSR count). The normalized spacial score (nSPS) is 10.6. The van der Waals surface area contributed by atoms with Crippen LogP contribution in [0.15, 0.2) is 60.9 Å². The highest BCUT2D eigenvalue weighted by molar-refractivity contribution is 5.93. The van der Waals surface area contributed by atoms with Gasteiger partial charge in [0, 0.05) is 31.5 Å². The average molecular weight is 334 g/mol. The summed E-state index contributed by atoms with van der Waals surface area (Å²) in [5.41, 5.74) is 3.67. The molecule has 5 heteroatoms. The van der Waals surface area contributed by atoms with Crippen LogP contribution in [0.1, 0.15) is 28.9 Å². The maximum Gasteiger partial charge on any atom is 0.269 e. The topological polar surface area (TPSA) is 59.8 Å². The number of pyridine rings is 1. The van der Waals surface area contributed by atoms with Crippen molar-refractivity contribution in [1.29, 1.82) is 0 Å². The summed E-state index contributed by atoms with van der Waals surface area (Å²) in [6, 6.07) is 15.8. The van der Waals surface area contributed by atoms with Crippen molar-refractivity contribution in [1.82, 2.24) is 20.1 Å². The van der Waals surface area contributed by atoms with Crippen LogP contribution in [-0.4, -0.2) is 27.2 Å². The van der Waals surface area contributed by atoms with E-state index in [1.165, 1.54) is 5.56 Å². The van der Waals surface area contributed by atoms with Crippen LogP contribution in [0.5, 0.6) is 0 Å². The smallest absolute Gasteiger partial charge is 0.269 e. The average Bonchev–Trinajstić information content (AvgIpc) is 3.05. The van der Waals surface area contributed by atoms with Crippen LogP contribution in [0.4, 0.5) is 0 Å². The molecule has 128 valence electrons. The van der Waals surface area contributed by atoms with Gasteiger partial charge in [0.1, 0.15) is 5.69 Å². The van der Waals surface area contributed by atoms with E-state index in [1.807, 2.05) is 60.9 Å². The Balaban J connectivity index is 1.49. The summed E-state index contributed by atoms with van der Waals surface area (Å²) in [4.78, 5) is 16.4. The number of benzene rings is 1. The van der Waals surface area contributed by atoms with Crippen LogP contribution in [0, 0.1) is 0 Å². The van der Waals surface area contributed by atoms with E-state index in [-0.39, 0.29) is 5.91 Å². The fraction of sp³-hybridized carbons (Fsp3) is 0.250. The van der Waals surface area contributed by atoms with Gasteiger partial charge in [-0.2, -0.15) is 5.10 Å². The molecule has 0 aliphatic heterocycles. The van der Waals surface area contributed by atoms with E-state index >= 15 is 0 Å². The lowest BCUT2D eigenvalue weighted by atomic mass is 10.1. The lowest BCUT2D eigenvalue weighted by Gasteiger charge is -2.05. The van der Waals surface area contributed by atoms with Gasteiger partial charge in [-0.05, 0) is 43.0 Å². The number of aryl methyl sites for hydroxylation is 2. The Kier molecular flexibility index (Phi) is 5.57. The van der Waals surface area contributed by atoms with Crippen LogP contribution >= 0.6 is 0 Å². The minimum atomic E-state index is -0.0823. The van der Waals surface area contributed by atoms with Gasteiger partial charge in [-0.3, -0.25) is 14.5 Å². The number of unbranched alkanes of at least 4 members (excludes halogenated alkanes) is 1. The van der Waals surface area contributed by atoms with Gasteiger partial charge in [-0.25, -0.2) is 0 Å². The second kappa shape index (κ2) is 8.24. The SMILES string of the molecule is Cn1nc(-c2ccccc2)cc1C(=O)NCCCCc1ccncc1. The number of carbonyl (C=O) groups is 1. The fourth-order valence-electron chi connectivity index (χ4n) is 2.73. The van der Waals surface area contributed by atoms with Gasteiger partial charge in [-0.1, -0.05) is 30.3 Å². The standard InChI is InChI=1S/C20H22N4O/c1-24-19(15-18(23-24)17-8-3-2-4-9-17)20(25)22-12-6-5-7-16-10-13-21-14-11-16/h2-4,8-11,13-15H,5-7,12H2,1H3,(H,22,25). The Labute approximate surface area is 147 Å². The Hall–Kier alpha value is -2.95. The summed E-state index contributed by atoms with van der Waals surface area (Å²) >= 11 is 0. The molecule has 25 heavy (non-hydrogen) atoms. The molecular formula is C20H22N4O. The molecular weight excluding hydrogens is 312 g/mol. The van der Waals surface area contributed by atoms with E-state index in [4.69, 9.17) is 0 Å². The molecule has 0 unspecified atom stereocenters. The largest absolute Gasteiger partial charge is 0.351 e. The van der Waals surface area contributed by atoms with Crippen molar-refractivity contribution in [3.05, 3.63) is 72.2 Å². The second-order valence-corrected chi connectivity index (χ2v) is 5.97. The van der Waals surface area contributed by atoms with Crippen LogP contribution in [0.25, 0.3) is 11.3 Å². The zero-order chi connectivity index (χ0) is 17.5. The van der Waals surface area contributed by atoms with Crippen molar-refractivity contribution in [2.24, 2.45) is 7.05 Å². The number of amides is 1. The molecule has 1 N–H and O–H groups in total. The van der Waals surface area contributed by atoms with Gasteiger partial charge in [0.15, 0.2) is 0 Å². The molecule has 0 saturated heterocycles. The number of rotatable bonds is 7. The predicted octanol–water partition coefficient (Wildman–Crippen LogP) is 3.23. The predicted molar refractivity (Wildman–Crippen MR) is 98.2 cm³/mol. The first-order chi connectivity index (χ1) is 12.2. The maximum absolute atomic E-state index is 12.4. The van der Waals surface area contributed by atoms with Crippen molar-refractivity contribution >= 4 is 5.91 Å². The van der Waals surface area contributed by atoms with Gasteiger partial charge in [-0.15, -0.1) is 0 Å². The van der Waals surface area contributed by atoms with Crippen LogP contribution in [0.3, 0.4) is 0 Å². The third-order valence-electron chi connectivity index (χ3n) is 4.11. The minimum absolute atomic E-state index is 0.0823. The molecule has 2 heterocycles. The third-order valence-corrected chi connectivity index (χ3v) is 4.11. The quantitative estimate of drug-likeness (QED) is 0.675. The third kappa shape index (κ3) is 4.53. The van der Waals surface area contributed by atoms with E-state index in [1.54, 1.807) is 11.7 Å². The first-order valence-electron chi connectivity index (χ1n) is 8.50. The molecule has 5 nitrogen and oxygen atoms in total. The zero-order valence-electron chi connectivity index (χ0n) is 14.4. The highest BCUT2D eigenvalue weighted by Gasteiger charge is 2.13. The number of nitrogens with one attached hydrogen (secondary N) is 1. The molecule has 0 fully saturated rings. The van der Waals surface area contributed by atoms with Crippen molar-refractivity contribution in [2.45, 2.75) is 19.3 Å². The monoisotopic (exact) mass is 334 g/mol.